The third-order valence-electron chi connectivity index (χ3n) is 6.84. The van der Waals surface area contributed by atoms with Crippen molar-refractivity contribution < 1.29 is 31.9 Å². The topological polar surface area (TPSA) is 141 Å². The standard InChI is InChI=1S/C30H27N5O6.2H2/c1-33-25-11-10-22(17-23(25)29(40)34(18-27(33)37)14-13-28(38)39)31-26(36)16-19-6-8-21(9-7-19)32-30(41)35-15-12-20-4-2-3-5-24(20)35;;/h2-12,15,17H,13-14,16,18H2,1H3,(H,31,36)(H,32,41)(H,38,39);2*1H. The van der Waals surface area contributed by atoms with Crippen LogP contribution in [0.15, 0.2) is 79.0 Å². The summed E-state index contributed by atoms with van der Waals surface area (Å²) >= 11 is 0. The molecule has 1 aliphatic heterocycles. The second-order valence-corrected chi connectivity index (χ2v) is 9.65. The summed E-state index contributed by atoms with van der Waals surface area (Å²) in [5, 5.41) is 15.6. The molecule has 2 heterocycles. The van der Waals surface area contributed by atoms with Crippen molar-refractivity contribution >= 4 is 57.7 Å². The number of carbonyl (C=O) groups is 5. The van der Waals surface area contributed by atoms with E-state index in [2.05, 4.69) is 10.6 Å². The average Bonchev–Trinajstić information content (AvgIpc) is 3.36. The highest BCUT2D eigenvalue weighted by atomic mass is 16.4. The van der Waals surface area contributed by atoms with E-state index >= 15 is 0 Å². The summed E-state index contributed by atoms with van der Waals surface area (Å²) in [5.74, 6) is -2.23. The minimum Gasteiger partial charge on any atom is -0.481 e. The van der Waals surface area contributed by atoms with E-state index in [0.29, 0.717) is 22.6 Å². The molecule has 0 fully saturated rings. The molecule has 0 unspecified atom stereocenters. The lowest BCUT2D eigenvalue weighted by Gasteiger charge is -2.19. The summed E-state index contributed by atoms with van der Waals surface area (Å²) in [6.45, 7) is -0.348. The van der Waals surface area contributed by atoms with E-state index in [-0.39, 0.29) is 52.2 Å². The van der Waals surface area contributed by atoms with Gasteiger partial charge in [0.05, 0.1) is 29.6 Å². The lowest BCUT2D eigenvalue weighted by atomic mass is 10.1. The second-order valence-electron chi connectivity index (χ2n) is 9.65. The number of nitrogens with zero attached hydrogens (tertiary/aromatic N) is 3. The number of hydrogen-bond acceptors (Lipinski definition) is 5. The van der Waals surface area contributed by atoms with Gasteiger partial charge in [-0.2, -0.15) is 0 Å². The molecule has 11 nitrogen and oxygen atoms in total. The Morgan fingerprint density at radius 1 is 0.927 bits per heavy atom. The molecule has 41 heavy (non-hydrogen) atoms. The van der Waals surface area contributed by atoms with Crippen LogP contribution in [0.1, 0.15) is 25.2 Å². The summed E-state index contributed by atoms with van der Waals surface area (Å²) in [5.41, 5.74) is 3.02. The first kappa shape index (κ1) is 27.1. The number of fused-ring (bicyclic) bond motifs is 2. The fourth-order valence-corrected chi connectivity index (χ4v) is 4.67. The van der Waals surface area contributed by atoms with Crippen molar-refractivity contribution in [3.8, 4) is 0 Å². The Bertz CT molecular complexity index is 1690. The molecule has 3 N–H and O–H groups in total. The number of amides is 4. The van der Waals surface area contributed by atoms with Crippen LogP contribution in [0.5, 0.6) is 0 Å². The Morgan fingerprint density at radius 2 is 1.66 bits per heavy atom. The van der Waals surface area contributed by atoms with Crippen LogP contribution >= 0.6 is 0 Å². The number of para-hydroxylation sites is 1. The summed E-state index contributed by atoms with van der Waals surface area (Å²) in [4.78, 5) is 64.7. The molecule has 0 bridgehead atoms. The van der Waals surface area contributed by atoms with Gasteiger partial charge in [0, 0.05) is 39.4 Å². The molecule has 4 aromatic rings. The van der Waals surface area contributed by atoms with Gasteiger partial charge in [-0.3, -0.25) is 23.7 Å². The maximum Gasteiger partial charge on any atom is 0.330 e. The number of benzene rings is 3. The van der Waals surface area contributed by atoms with Crippen molar-refractivity contribution in [2.24, 2.45) is 0 Å². The van der Waals surface area contributed by atoms with Crippen LogP contribution in [0.2, 0.25) is 0 Å². The van der Waals surface area contributed by atoms with Crippen LogP contribution in [0.3, 0.4) is 0 Å². The average molecular weight is 558 g/mol. The molecule has 212 valence electrons. The van der Waals surface area contributed by atoms with Gasteiger partial charge in [0.1, 0.15) is 6.54 Å². The minimum atomic E-state index is -1.07. The zero-order valence-corrected chi connectivity index (χ0v) is 22.2. The highest BCUT2D eigenvalue weighted by molar-refractivity contribution is 6.10. The third-order valence-corrected chi connectivity index (χ3v) is 6.84. The smallest absolute Gasteiger partial charge is 0.330 e. The first-order chi connectivity index (χ1) is 19.7. The monoisotopic (exact) mass is 557 g/mol. The number of hydrogen-bond donors (Lipinski definition) is 3. The zero-order valence-electron chi connectivity index (χ0n) is 22.2. The molecule has 0 atom stereocenters. The van der Waals surface area contributed by atoms with Crippen LogP contribution in [-0.2, 0) is 20.8 Å². The Morgan fingerprint density at radius 3 is 2.41 bits per heavy atom. The van der Waals surface area contributed by atoms with Gasteiger partial charge in [-0.15, -0.1) is 0 Å². The van der Waals surface area contributed by atoms with Crippen molar-refractivity contribution in [3.63, 3.8) is 0 Å². The number of anilines is 3. The molecule has 1 aromatic heterocycles. The summed E-state index contributed by atoms with van der Waals surface area (Å²) in [6.07, 6.45) is 1.46. The highest BCUT2D eigenvalue weighted by Gasteiger charge is 2.30. The number of rotatable bonds is 7. The largest absolute Gasteiger partial charge is 0.481 e. The Hall–Kier alpha value is -5.45. The lowest BCUT2D eigenvalue weighted by Crippen LogP contribution is -2.38. The van der Waals surface area contributed by atoms with Crippen molar-refractivity contribution in [1.29, 1.82) is 0 Å². The Labute approximate surface area is 237 Å². The first-order valence-electron chi connectivity index (χ1n) is 12.9. The van der Waals surface area contributed by atoms with Gasteiger partial charge in [-0.05, 0) is 48.0 Å². The van der Waals surface area contributed by atoms with Gasteiger partial charge < -0.3 is 25.5 Å². The molecular weight excluding hydrogens is 526 g/mol. The molecule has 0 saturated heterocycles. The normalized spacial score (nSPS) is 13.1. The second kappa shape index (κ2) is 11.3. The molecule has 0 aliphatic carbocycles. The number of carbonyl (C=O) groups excluding carboxylic acids is 4. The van der Waals surface area contributed by atoms with E-state index in [4.69, 9.17) is 5.11 Å². The van der Waals surface area contributed by atoms with E-state index < -0.39 is 11.9 Å². The number of likely N-dealkylation sites (N-methyl/N-ethyl adjacent to an activating group) is 1. The van der Waals surface area contributed by atoms with Crippen LogP contribution < -0.4 is 15.5 Å². The van der Waals surface area contributed by atoms with Gasteiger partial charge in [-0.1, -0.05) is 30.3 Å². The number of carboxylic acid groups (broad SMARTS) is 1. The van der Waals surface area contributed by atoms with Crippen molar-refractivity contribution in [2.45, 2.75) is 12.8 Å². The van der Waals surface area contributed by atoms with Crippen LogP contribution in [0.4, 0.5) is 21.9 Å². The molecule has 1 aliphatic rings. The fraction of sp³-hybridized carbons (Fsp3) is 0.167. The number of aromatic nitrogens is 1. The maximum absolute atomic E-state index is 13.1. The Balaban J connectivity index is 0.00000253. The molecule has 4 amide bonds. The number of aliphatic carboxylic acids is 1. The third kappa shape index (κ3) is 5.93. The first-order valence-corrected chi connectivity index (χ1v) is 12.9. The summed E-state index contributed by atoms with van der Waals surface area (Å²) < 4.78 is 1.53. The summed E-state index contributed by atoms with van der Waals surface area (Å²) in [7, 11) is 1.54. The molecular formula is C30H31N5O6. The SMILES string of the molecule is CN1C(=O)CN(CCC(=O)O)C(=O)c2cc(NC(=O)Cc3ccc(NC(=O)n4ccc5ccccc54)cc3)ccc21.[HH].[HH]. The van der Waals surface area contributed by atoms with Gasteiger partial charge in [-0.25, -0.2) is 4.79 Å². The van der Waals surface area contributed by atoms with E-state index in [1.165, 1.54) is 20.4 Å². The molecule has 5 rings (SSSR count). The highest BCUT2D eigenvalue weighted by Crippen LogP contribution is 2.28. The van der Waals surface area contributed by atoms with Crippen LogP contribution in [0, 0.1) is 0 Å². The van der Waals surface area contributed by atoms with Crippen molar-refractivity contribution in [1.82, 2.24) is 9.47 Å². The molecule has 0 spiro atoms. The van der Waals surface area contributed by atoms with E-state index in [1.54, 1.807) is 49.6 Å². The summed E-state index contributed by atoms with van der Waals surface area (Å²) in [6, 6.07) is 20.7. The van der Waals surface area contributed by atoms with Gasteiger partial charge >= 0.3 is 12.0 Å². The lowest BCUT2D eigenvalue weighted by molar-refractivity contribution is -0.137. The zero-order chi connectivity index (χ0) is 29.1. The predicted octanol–water partition coefficient (Wildman–Crippen LogP) is 4.29. The van der Waals surface area contributed by atoms with Crippen molar-refractivity contribution in [3.05, 3.63) is 90.1 Å². The Kier molecular flexibility index (Phi) is 7.51. The number of carboxylic acids is 1. The maximum atomic E-state index is 13.1. The quantitative estimate of drug-likeness (QED) is 0.310. The van der Waals surface area contributed by atoms with E-state index in [9.17, 15) is 24.0 Å². The van der Waals surface area contributed by atoms with Crippen LogP contribution in [-0.4, -0.2) is 64.4 Å². The van der Waals surface area contributed by atoms with Gasteiger partial charge in [0.15, 0.2) is 0 Å². The van der Waals surface area contributed by atoms with E-state index in [0.717, 1.165) is 10.9 Å². The van der Waals surface area contributed by atoms with Gasteiger partial charge in [0.25, 0.3) is 5.91 Å². The molecule has 3 aromatic carbocycles. The van der Waals surface area contributed by atoms with Gasteiger partial charge in [0.2, 0.25) is 11.8 Å². The molecule has 11 heteroatoms. The minimum absolute atomic E-state index is 0. The van der Waals surface area contributed by atoms with E-state index in [1.807, 2.05) is 30.3 Å². The number of nitrogens with one attached hydrogen (secondary N) is 2. The molecule has 0 saturated carbocycles. The predicted molar refractivity (Wildman–Crippen MR) is 157 cm³/mol. The molecule has 0 radical (unpaired) electrons. The van der Waals surface area contributed by atoms with Crippen LogP contribution in [0.25, 0.3) is 10.9 Å². The fourth-order valence-electron chi connectivity index (χ4n) is 4.67. The van der Waals surface area contributed by atoms with Crippen molar-refractivity contribution in [2.75, 3.05) is 35.7 Å².